The summed E-state index contributed by atoms with van der Waals surface area (Å²) in [6, 6.07) is 0.378. The minimum absolute atomic E-state index is 0.114. The average Bonchev–Trinajstić information content (AvgIpc) is 2.86. The summed E-state index contributed by atoms with van der Waals surface area (Å²) < 4.78 is 7.52. The Morgan fingerprint density at radius 2 is 2.14 bits per heavy atom. The van der Waals surface area contributed by atoms with Gasteiger partial charge in [0, 0.05) is 6.04 Å². The van der Waals surface area contributed by atoms with Crippen LogP contribution in [0.3, 0.4) is 0 Å². The van der Waals surface area contributed by atoms with Gasteiger partial charge < -0.3 is 14.6 Å². The van der Waals surface area contributed by atoms with Crippen molar-refractivity contribution in [3.8, 4) is 0 Å². The number of rotatable bonds is 3. The first-order chi connectivity index (χ1) is 9.87. The molecule has 1 amide bonds. The van der Waals surface area contributed by atoms with Crippen LogP contribution in [0, 0.1) is 0 Å². The third-order valence-corrected chi connectivity index (χ3v) is 4.51. The monoisotopic (exact) mass is 311 g/mol. The highest BCUT2D eigenvalue weighted by Gasteiger charge is 2.23. The molecular formula is C15H25N3O2S. The minimum Gasteiger partial charge on any atom is -0.444 e. The van der Waals surface area contributed by atoms with Crippen molar-refractivity contribution in [1.29, 1.82) is 0 Å². The van der Waals surface area contributed by atoms with E-state index in [4.69, 9.17) is 4.74 Å². The lowest BCUT2D eigenvalue weighted by atomic mass is 10.1. The normalized spacial score (nSPS) is 18.3. The van der Waals surface area contributed by atoms with Crippen LogP contribution in [0.4, 0.5) is 4.79 Å². The van der Waals surface area contributed by atoms with Crippen molar-refractivity contribution in [3.05, 3.63) is 18.2 Å². The zero-order valence-electron chi connectivity index (χ0n) is 13.3. The number of carbonyl (C=O) groups excluding carboxylic acids is 1. The van der Waals surface area contributed by atoms with Crippen molar-refractivity contribution >= 4 is 17.9 Å². The molecule has 2 heterocycles. The van der Waals surface area contributed by atoms with Crippen molar-refractivity contribution in [2.24, 2.45) is 0 Å². The zero-order valence-corrected chi connectivity index (χ0v) is 14.1. The van der Waals surface area contributed by atoms with E-state index >= 15 is 0 Å². The van der Waals surface area contributed by atoms with Crippen LogP contribution in [0.15, 0.2) is 12.5 Å². The lowest BCUT2D eigenvalue weighted by Crippen LogP contribution is -2.35. The lowest BCUT2D eigenvalue weighted by Gasteiger charge is -2.27. The Morgan fingerprint density at radius 1 is 1.48 bits per heavy atom. The maximum Gasteiger partial charge on any atom is 0.408 e. The molecule has 1 atom stereocenters. The number of imidazole rings is 1. The molecule has 1 N–H and O–H groups in total. The number of thioether (sulfide) groups is 1. The van der Waals surface area contributed by atoms with Gasteiger partial charge in [0.2, 0.25) is 0 Å². The number of nitrogens with zero attached hydrogens (tertiary/aromatic N) is 2. The molecule has 0 bridgehead atoms. The fraction of sp³-hybridized carbons (Fsp3) is 0.733. The SMILES string of the molecule is CC(NC(=O)OC(C)(C)C)c1cncn1C1CCSCC1. The molecule has 6 heteroatoms. The number of hydrogen-bond donors (Lipinski definition) is 1. The summed E-state index contributed by atoms with van der Waals surface area (Å²) in [5.41, 5.74) is 0.558. The molecular weight excluding hydrogens is 286 g/mol. The molecule has 0 spiro atoms. The minimum atomic E-state index is -0.482. The number of ether oxygens (including phenoxy) is 1. The summed E-state index contributed by atoms with van der Waals surface area (Å²) in [7, 11) is 0. The molecule has 1 saturated heterocycles. The van der Waals surface area contributed by atoms with E-state index in [0.29, 0.717) is 6.04 Å². The summed E-state index contributed by atoms with van der Waals surface area (Å²) in [4.78, 5) is 16.1. The Balaban J connectivity index is 2.01. The Hall–Kier alpha value is -1.17. The molecule has 5 nitrogen and oxygen atoms in total. The highest BCUT2D eigenvalue weighted by atomic mass is 32.2. The number of nitrogens with one attached hydrogen (secondary N) is 1. The third-order valence-electron chi connectivity index (χ3n) is 3.46. The largest absolute Gasteiger partial charge is 0.444 e. The van der Waals surface area contributed by atoms with E-state index in [0.717, 1.165) is 18.5 Å². The fourth-order valence-electron chi connectivity index (χ4n) is 2.48. The first-order valence-electron chi connectivity index (χ1n) is 7.46. The van der Waals surface area contributed by atoms with Gasteiger partial charge in [0.05, 0.1) is 24.3 Å². The third kappa shape index (κ3) is 4.66. The Labute approximate surface area is 130 Å². The molecule has 21 heavy (non-hydrogen) atoms. The van der Waals surface area contributed by atoms with E-state index < -0.39 is 5.60 Å². The number of amides is 1. The van der Waals surface area contributed by atoms with Gasteiger partial charge >= 0.3 is 6.09 Å². The number of aromatic nitrogens is 2. The standard InChI is InChI=1S/C15H25N3O2S/c1-11(17-14(19)20-15(2,3)4)13-9-16-10-18(13)12-5-7-21-8-6-12/h9-12H,5-8H2,1-4H3,(H,17,19). The van der Waals surface area contributed by atoms with Crippen molar-refractivity contribution < 1.29 is 9.53 Å². The van der Waals surface area contributed by atoms with Crippen molar-refractivity contribution in [3.63, 3.8) is 0 Å². The number of alkyl carbamates (subject to hydrolysis) is 1. The molecule has 2 rings (SSSR count). The summed E-state index contributed by atoms with van der Waals surface area (Å²) in [6.45, 7) is 7.55. The van der Waals surface area contributed by atoms with E-state index in [1.54, 1.807) is 0 Å². The molecule has 0 saturated carbocycles. The second-order valence-electron chi connectivity index (χ2n) is 6.44. The summed E-state index contributed by atoms with van der Waals surface area (Å²) in [5.74, 6) is 2.38. The predicted molar refractivity (Wildman–Crippen MR) is 85.6 cm³/mol. The molecule has 1 aliphatic heterocycles. The zero-order chi connectivity index (χ0) is 15.5. The van der Waals surface area contributed by atoms with Crippen molar-refractivity contribution in [1.82, 2.24) is 14.9 Å². The molecule has 1 aromatic heterocycles. The van der Waals surface area contributed by atoms with E-state index in [-0.39, 0.29) is 12.1 Å². The van der Waals surface area contributed by atoms with Gasteiger partial charge in [0.25, 0.3) is 0 Å². The first kappa shape index (κ1) is 16.2. The van der Waals surface area contributed by atoms with E-state index in [2.05, 4.69) is 14.9 Å². The quantitative estimate of drug-likeness (QED) is 0.927. The second kappa shape index (κ2) is 6.73. The van der Waals surface area contributed by atoms with Gasteiger partial charge in [0.1, 0.15) is 5.60 Å². The molecule has 1 aliphatic rings. The smallest absolute Gasteiger partial charge is 0.408 e. The highest BCUT2D eigenvalue weighted by Crippen LogP contribution is 2.29. The van der Waals surface area contributed by atoms with Crippen LogP contribution in [-0.4, -0.2) is 32.8 Å². The van der Waals surface area contributed by atoms with E-state index in [1.807, 2.05) is 52.0 Å². The van der Waals surface area contributed by atoms with Crippen LogP contribution < -0.4 is 5.32 Å². The fourth-order valence-corrected chi connectivity index (χ4v) is 3.56. The molecule has 1 aromatic rings. The molecule has 0 aromatic carbocycles. The van der Waals surface area contributed by atoms with Gasteiger partial charge in [-0.3, -0.25) is 0 Å². The van der Waals surface area contributed by atoms with Crippen LogP contribution in [0.2, 0.25) is 0 Å². The topological polar surface area (TPSA) is 56.1 Å². The molecule has 118 valence electrons. The molecule has 1 unspecified atom stereocenters. The lowest BCUT2D eigenvalue weighted by molar-refractivity contribution is 0.0505. The van der Waals surface area contributed by atoms with E-state index in [1.165, 1.54) is 11.5 Å². The summed E-state index contributed by atoms with van der Waals surface area (Å²) in [5, 5.41) is 2.89. The molecule has 1 fully saturated rings. The molecule has 0 radical (unpaired) electrons. The van der Waals surface area contributed by atoms with Crippen LogP contribution in [0.25, 0.3) is 0 Å². The Morgan fingerprint density at radius 3 is 2.76 bits per heavy atom. The van der Waals surface area contributed by atoms with Gasteiger partial charge in [-0.15, -0.1) is 0 Å². The van der Waals surface area contributed by atoms with Gasteiger partial charge in [0.15, 0.2) is 0 Å². The number of hydrogen-bond acceptors (Lipinski definition) is 4. The van der Waals surface area contributed by atoms with Gasteiger partial charge in [-0.2, -0.15) is 11.8 Å². The predicted octanol–water partition coefficient (Wildman–Crippen LogP) is 3.54. The average molecular weight is 311 g/mol. The second-order valence-corrected chi connectivity index (χ2v) is 7.66. The van der Waals surface area contributed by atoms with Crippen molar-refractivity contribution in [2.45, 2.75) is 58.2 Å². The Kier molecular flexibility index (Phi) is 5.19. The first-order valence-corrected chi connectivity index (χ1v) is 8.61. The van der Waals surface area contributed by atoms with Crippen LogP contribution in [-0.2, 0) is 4.74 Å². The van der Waals surface area contributed by atoms with Crippen LogP contribution in [0.5, 0.6) is 0 Å². The van der Waals surface area contributed by atoms with Crippen LogP contribution >= 0.6 is 11.8 Å². The van der Waals surface area contributed by atoms with Gasteiger partial charge in [-0.05, 0) is 52.0 Å². The number of carbonyl (C=O) groups is 1. The maximum atomic E-state index is 11.9. The van der Waals surface area contributed by atoms with Crippen LogP contribution in [0.1, 0.15) is 58.3 Å². The highest BCUT2D eigenvalue weighted by molar-refractivity contribution is 7.99. The van der Waals surface area contributed by atoms with E-state index in [9.17, 15) is 4.79 Å². The van der Waals surface area contributed by atoms with Crippen molar-refractivity contribution in [2.75, 3.05) is 11.5 Å². The van der Waals surface area contributed by atoms with Gasteiger partial charge in [-0.25, -0.2) is 9.78 Å². The molecule has 0 aliphatic carbocycles. The Bertz CT molecular complexity index is 476. The summed E-state index contributed by atoms with van der Waals surface area (Å²) in [6.07, 6.45) is 5.65. The summed E-state index contributed by atoms with van der Waals surface area (Å²) >= 11 is 2.00. The maximum absolute atomic E-state index is 11.9. The van der Waals surface area contributed by atoms with Gasteiger partial charge in [-0.1, -0.05) is 0 Å².